The average Bonchev–Trinajstić information content (AvgIpc) is 2.56. The van der Waals surface area contributed by atoms with Crippen molar-refractivity contribution in [2.75, 3.05) is 18.1 Å². The first-order valence-corrected chi connectivity index (χ1v) is 8.74. The smallest absolute Gasteiger partial charge is 0.250 e. The molecule has 1 amide bonds. The van der Waals surface area contributed by atoms with Crippen LogP contribution in [0.4, 0.5) is 11.8 Å². The topological polar surface area (TPSA) is 115 Å². The van der Waals surface area contributed by atoms with Gasteiger partial charge in [0.1, 0.15) is 5.82 Å². The van der Waals surface area contributed by atoms with E-state index in [-0.39, 0.29) is 35.8 Å². The van der Waals surface area contributed by atoms with Crippen molar-refractivity contribution >= 4 is 17.7 Å². The first-order valence-electron chi connectivity index (χ1n) is 8.74. The molecule has 2 aromatic heterocycles. The fourth-order valence-corrected chi connectivity index (χ4v) is 3.22. The van der Waals surface area contributed by atoms with E-state index in [0.29, 0.717) is 12.4 Å². The van der Waals surface area contributed by atoms with E-state index in [1.54, 1.807) is 17.7 Å². The van der Waals surface area contributed by atoms with Gasteiger partial charge in [-0.05, 0) is 25.8 Å². The lowest BCUT2D eigenvalue weighted by Crippen LogP contribution is -2.44. The fraction of sp³-hybridized carbons (Fsp3) is 0.444. The van der Waals surface area contributed by atoms with Gasteiger partial charge in [0.15, 0.2) is 0 Å². The second-order valence-corrected chi connectivity index (χ2v) is 6.63. The Kier molecular flexibility index (Phi) is 5.20. The van der Waals surface area contributed by atoms with Crippen LogP contribution in [0.3, 0.4) is 0 Å². The zero-order valence-corrected chi connectivity index (χ0v) is 15.0. The van der Waals surface area contributed by atoms with Crippen LogP contribution in [0.1, 0.15) is 36.6 Å². The van der Waals surface area contributed by atoms with Gasteiger partial charge in [0.25, 0.3) is 5.56 Å². The molecule has 1 aliphatic rings. The van der Waals surface area contributed by atoms with Gasteiger partial charge in [0, 0.05) is 49.8 Å². The van der Waals surface area contributed by atoms with E-state index in [4.69, 9.17) is 5.73 Å². The summed E-state index contributed by atoms with van der Waals surface area (Å²) in [7, 11) is 1.79. The molecule has 2 heterocycles. The van der Waals surface area contributed by atoms with Gasteiger partial charge in [-0.25, -0.2) is 4.98 Å². The third-order valence-corrected chi connectivity index (χ3v) is 4.77. The molecule has 1 aliphatic carbocycles. The van der Waals surface area contributed by atoms with Crippen LogP contribution in [-0.2, 0) is 11.3 Å². The average molecular weight is 356 g/mol. The number of carbonyl (C=O) groups is 1. The van der Waals surface area contributed by atoms with E-state index in [2.05, 4.69) is 20.6 Å². The maximum Gasteiger partial charge on any atom is 0.250 e. The number of pyridine rings is 1. The van der Waals surface area contributed by atoms with Crippen LogP contribution in [0.5, 0.6) is 0 Å². The van der Waals surface area contributed by atoms with Crippen molar-refractivity contribution in [3.63, 3.8) is 0 Å². The Bertz CT molecular complexity index is 857. The first-order chi connectivity index (χ1) is 12.5. The van der Waals surface area contributed by atoms with E-state index in [0.717, 1.165) is 24.2 Å². The van der Waals surface area contributed by atoms with Crippen molar-refractivity contribution in [2.45, 2.75) is 44.7 Å². The highest BCUT2D eigenvalue weighted by atomic mass is 16.2. The SMILES string of the molecule is CNc1cc(C2CC(NC(=O)CCn3c(C)cccc3=O)C2)nc(N)n1. The maximum absolute atomic E-state index is 12.2. The van der Waals surface area contributed by atoms with Crippen molar-refractivity contribution in [1.29, 1.82) is 0 Å². The Morgan fingerprint density at radius 3 is 2.81 bits per heavy atom. The fourth-order valence-electron chi connectivity index (χ4n) is 3.22. The zero-order valence-electron chi connectivity index (χ0n) is 15.0. The molecule has 2 aromatic rings. The second-order valence-electron chi connectivity index (χ2n) is 6.63. The van der Waals surface area contributed by atoms with Crippen LogP contribution in [0.2, 0.25) is 0 Å². The van der Waals surface area contributed by atoms with Crippen LogP contribution in [0.25, 0.3) is 0 Å². The highest BCUT2D eigenvalue weighted by Crippen LogP contribution is 2.36. The molecule has 1 fully saturated rings. The third kappa shape index (κ3) is 4.01. The molecular formula is C18H24N6O2. The number of aryl methyl sites for hydroxylation is 1. The number of carbonyl (C=O) groups excluding carboxylic acids is 1. The Morgan fingerprint density at radius 2 is 2.12 bits per heavy atom. The number of nitrogens with one attached hydrogen (secondary N) is 2. The Labute approximate surface area is 151 Å². The molecular weight excluding hydrogens is 332 g/mol. The van der Waals surface area contributed by atoms with Crippen LogP contribution in [0.15, 0.2) is 29.1 Å². The molecule has 0 aliphatic heterocycles. The van der Waals surface area contributed by atoms with Crippen LogP contribution in [0, 0.1) is 6.92 Å². The number of nitrogens with zero attached hydrogens (tertiary/aromatic N) is 3. The molecule has 0 aromatic carbocycles. The van der Waals surface area contributed by atoms with Gasteiger partial charge in [-0.1, -0.05) is 6.07 Å². The molecule has 0 unspecified atom stereocenters. The second kappa shape index (κ2) is 7.55. The largest absolute Gasteiger partial charge is 0.373 e. The zero-order chi connectivity index (χ0) is 18.7. The van der Waals surface area contributed by atoms with E-state index < -0.39 is 0 Å². The third-order valence-electron chi connectivity index (χ3n) is 4.77. The monoisotopic (exact) mass is 356 g/mol. The van der Waals surface area contributed by atoms with Gasteiger partial charge in [0.05, 0.1) is 5.69 Å². The summed E-state index contributed by atoms with van der Waals surface area (Å²) in [6.45, 7) is 2.25. The van der Waals surface area contributed by atoms with Crippen LogP contribution in [-0.4, -0.2) is 33.5 Å². The summed E-state index contributed by atoms with van der Waals surface area (Å²) in [6.07, 6.45) is 1.95. The first kappa shape index (κ1) is 17.9. The summed E-state index contributed by atoms with van der Waals surface area (Å²) in [5.41, 5.74) is 7.40. The quantitative estimate of drug-likeness (QED) is 0.712. The summed E-state index contributed by atoms with van der Waals surface area (Å²) < 4.78 is 1.62. The number of rotatable bonds is 6. The Hall–Kier alpha value is -2.90. The number of anilines is 2. The van der Waals surface area contributed by atoms with Gasteiger partial charge < -0.3 is 20.9 Å². The highest BCUT2D eigenvalue weighted by molar-refractivity contribution is 5.76. The predicted octanol–water partition coefficient (Wildman–Crippen LogP) is 1.02. The lowest BCUT2D eigenvalue weighted by atomic mass is 9.78. The molecule has 0 spiro atoms. The van der Waals surface area contributed by atoms with Gasteiger partial charge in [0.2, 0.25) is 11.9 Å². The van der Waals surface area contributed by atoms with E-state index >= 15 is 0 Å². The van der Waals surface area contributed by atoms with Crippen LogP contribution >= 0.6 is 0 Å². The van der Waals surface area contributed by atoms with Gasteiger partial charge >= 0.3 is 0 Å². The Morgan fingerprint density at radius 1 is 1.35 bits per heavy atom. The Balaban J connectivity index is 1.49. The maximum atomic E-state index is 12.2. The van der Waals surface area contributed by atoms with Gasteiger partial charge in [-0.3, -0.25) is 9.59 Å². The minimum Gasteiger partial charge on any atom is -0.373 e. The van der Waals surface area contributed by atoms with Crippen molar-refractivity contribution in [3.05, 3.63) is 46.0 Å². The minimum absolute atomic E-state index is 0.0401. The molecule has 1 saturated carbocycles. The van der Waals surface area contributed by atoms with Crippen molar-refractivity contribution in [2.24, 2.45) is 0 Å². The van der Waals surface area contributed by atoms with Gasteiger partial charge in [-0.15, -0.1) is 0 Å². The summed E-state index contributed by atoms with van der Waals surface area (Å²) in [5.74, 6) is 1.19. The molecule has 26 heavy (non-hydrogen) atoms. The van der Waals surface area contributed by atoms with Crippen molar-refractivity contribution in [1.82, 2.24) is 19.9 Å². The standard InChI is InChI=1S/C18H24N6O2/c1-11-4-3-5-17(26)24(11)7-6-16(25)21-13-8-12(9-13)14-10-15(20-2)23-18(19)22-14/h3-5,10,12-13H,6-9H2,1-2H3,(H,21,25)(H3,19,20,22,23). The molecule has 138 valence electrons. The lowest BCUT2D eigenvalue weighted by Gasteiger charge is -2.35. The lowest BCUT2D eigenvalue weighted by molar-refractivity contribution is -0.122. The highest BCUT2D eigenvalue weighted by Gasteiger charge is 2.32. The van der Waals surface area contributed by atoms with E-state index in [9.17, 15) is 9.59 Å². The molecule has 0 saturated heterocycles. The van der Waals surface area contributed by atoms with Gasteiger partial charge in [-0.2, -0.15) is 4.98 Å². The normalized spacial score (nSPS) is 18.8. The number of hydrogen-bond acceptors (Lipinski definition) is 6. The summed E-state index contributed by atoms with van der Waals surface area (Å²) >= 11 is 0. The van der Waals surface area contributed by atoms with Crippen molar-refractivity contribution < 1.29 is 4.79 Å². The molecule has 8 heteroatoms. The number of nitrogens with two attached hydrogens (primary N) is 1. The summed E-state index contributed by atoms with van der Waals surface area (Å²) in [6, 6.07) is 7.12. The van der Waals surface area contributed by atoms with E-state index in [1.807, 2.05) is 19.1 Å². The number of aromatic nitrogens is 3. The molecule has 0 radical (unpaired) electrons. The summed E-state index contributed by atoms with van der Waals surface area (Å²) in [5, 5.41) is 5.99. The van der Waals surface area contributed by atoms with Crippen molar-refractivity contribution in [3.8, 4) is 0 Å². The number of amides is 1. The molecule has 0 bridgehead atoms. The molecule has 3 rings (SSSR count). The predicted molar refractivity (Wildman–Crippen MR) is 100.0 cm³/mol. The van der Waals surface area contributed by atoms with E-state index in [1.165, 1.54) is 6.07 Å². The molecule has 4 N–H and O–H groups in total. The number of nitrogen functional groups attached to an aromatic ring is 1. The summed E-state index contributed by atoms with van der Waals surface area (Å²) in [4.78, 5) is 32.4. The molecule has 8 nitrogen and oxygen atoms in total. The molecule has 0 atom stereocenters. The number of hydrogen-bond donors (Lipinski definition) is 3. The van der Waals surface area contributed by atoms with Crippen LogP contribution < -0.4 is 21.9 Å². The minimum atomic E-state index is -0.0804.